The Kier molecular flexibility index (Phi) is 6.33. The first kappa shape index (κ1) is 21.9. The Hall–Kier alpha value is -2.90. The predicted molar refractivity (Wildman–Crippen MR) is 134 cm³/mol. The van der Waals surface area contributed by atoms with Crippen molar-refractivity contribution in [2.75, 3.05) is 49.6 Å². The smallest absolute Gasteiger partial charge is 0.259 e. The van der Waals surface area contributed by atoms with Crippen LogP contribution in [0.3, 0.4) is 0 Å². The lowest BCUT2D eigenvalue weighted by atomic mass is 9.91. The van der Waals surface area contributed by atoms with Crippen LogP contribution in [0.2, 0.25) is 0 Å². The molecule has 33 heavy (non-hydrogen) atoms. The summed E-state index contributed by atoms with van der Waals surface area (Å²) in [5.74, 6) is 1.04. The third kappa shape index (κ3) is 4.75. The zero-order valence-electron chi connectivity index (χ0n) is 19.5. The van der Waals surface area contributed by atoms with Gasteiger partial charge in [-0.1, -0.05) is 0 Å². The summed E-state index contributed by atoms with van der Waals surface area (Å²) >= 11 is 0. The number of nitrogens with zero attached hydrogens (tertiary/aromatic N) is 3. The standard InChI is InChI=1S/C26H33N5O2/c1-18(2)30-11-8-19(9-12-30)23-17-20-7-10-27-26(32)24(20)25(29-23)28-21-3-5-22(6-4-21)31-13-15-33-16-14-31/h3-7,10,17-19H,8-9,11-16H2,1-2H3,(H,27,32)(H,28,29). The molecule has 2 saturated heterocycles. The van der Waals surface area contributed by atoms with E-state index in [1.54, 1.807) is 6.20 Å². The van der Waals surface area contributed by atoms with Gasteiger partial charge in [-0.15, -0.1) is 0 Å². The Morgan fingerprint density at radius 2 is 1.79 bits per heavy atom. The van der Waals surface area contributed by atoms with E-state index >= 15 is 0 Å². The number of rotatable bonds is 5. The Morgan fingerprint density at radius 1 is 1.06 bits per heavy atom. The number of benzene rings is 1. The predicted octanol–water partition coefficient (Wildman–Crippen LogP) is 4.09. The number of nitrogens with one attached hydrogen (secondary N) is 2. The number of likely N-dealkylation sites (tertiary alicyclic amines) is 1. The molecule has 2 N–H and O–H groups in total. The van der Waals surface area contributed by atoms with Crippen molar-refractivity contribution >= 4 is 28.0 Å². The van der Waals surface area contributed by atoms with Gasteiger partial charge in [0.25, 0.3) is 5.56 Å². The molecule has 2 aliphatic heterocycles. The number of pyridine rings is 2. The molecule has 0 spiro atoms. The number of piperidine rings is 1. The molecule has 0 unspecified atom stereocenters. The van der Waals surface area contributed by atoms with Gasteiger partial charge in [0, 0.05) is 48.3 Å². The summed E-state index contributed by atoms with van der Waals surface area (Å²) < 4.78 is 5.46. The lowest BCUT2D eigenvalue weighted by molar-refractivity contribution is 0.122. The summed E-state index contributed by atoms with van der Waals surface area (Å²) in [6, 6.07) is 13.0. The minimum absolute atomic E-state index is 0.117. The zero-order valence-corrected chi connectivity index (χ0v) is 19.5. The maximum atomic E-state index is 12.7. The van der Waals surface area contributed by atoms with Crippen LogP contribution in [-0.2, 0) is 4.74 Å². The number of hydrogen-bond acceptors (Lipinski definition) is 6. The van der Waals surface area contributed by atoms with Crippen molar-refractivity contribution in [1.29, 1.82) is 0 Å². The second-order valence-electron chi connectivity index (χ2n) is 9.34. The Bertz CT molecular complexity index is 1140. The van der Waals surface area contributed by atoms with Crippen molar-refractivity contribution in [3.05, 3.63) is 58.6 Å². The van der Waals surface area contributed by atoms with Gasteiger partial charge in [0.1, 0.15) is 5.82 Å². The molecule has 0 radical (unpaired) electrons. The topological polar surface area (TPSA) is 73.5 Å². The summed E-state index contributed by atoms with van der Waals surface area (Å²) in [6.07, 6.45) is 3.90. The van der Waals surface area contributed by atoms with Gasteiger partial charge in [-0.3, -0.25) is 4.79 Å². The molecule has 7 heteroatoms. The third-order valence-electron chi connectivity index (χ3n) is 6.96. The largest absolute Gasteiger partial charge is 0.378 e. The number of aromatic amines is 1. The lowest BCUT2D eigenvalue weighted by Crippen LogP contribution is -2.38. The molecule has 0 saturated carbocycles. The monoisotopic (exact) mass is 447 g/mol. The highest BCUT2D eigenvalue weighted by Gasteiger charge is 2.24. The van der Waals surface area contributed by atoms with Crippen molar-refractivity contribution < 1.29 is 4.74 Å². The van der Waals surface area contributed by atoms with Crippen LogP contribution in [0.1, 0.15) is 38.3 Å². The molecule has 0 amide bonds. The first-order valence-corrected chi connectivity index (χ1v) is 12.0. The van der Waals surface area contributed by atoms with Crippen LogP contribution in [0.15, 0.2) is 47.4 Å². The van der Waals surface area contributed by atoms with Crippen molar-refractivity contribution in [3.8, 4) is 0 Å². The van der Waals surface area contributed by atoms with Gasteiger partial charge in [-0.05, 0) is 81.6 Å². The molecule has 2 fully saturated rings. The van der Waals surface area contributed by atoms with E-state index in [2.05, 4.69) is 64.3 Å². The van der Waals surface area contributed by atoms with E-state index in [9.17, 15) is 4.79 Å². The highest BCUT2D eigenvalue weighted by Crippen LogP contribution is 2.32. The van der Waals surface area contributed by atoms with E-state index in [4.69, 9.17) is 9.72 Å². The van der Waals surface area contributed by atoms with Gasteiger partial charge >= 0.3 is 0 Å². The summed E-state index contributed by atoms with van der Waals surface area (Å²) in [6.45, 7) is 10.0. The third-order valence-corrected chi connectivity index (χ3v) is 6.96. The highest BCUT2D eigenvalue weighted by atomic mass is 16.5. The highest BCUT2D eigenvalue weighted by molar-refractivity contribution is 5.93. The number of ether oxygens (including phenoxy) is 1. The molecule has 2 aromatic heterocycles. The second kappa shape index (κ2) is 9.53. The van der Waals surface area contributed by atoms with E-state index in [-0.39, 0.29) is 5.56 Å². The van der Waals surface area contributed by atoms with Crippen molar-refractivity contribution in [2.24, 2.45) is 0 Å². The average molecular weight is 448 g/mol. The summed E-state index contributed by atoms with van der Waals surface area (Å²) in [7, 11) is 0. The van der Waals surface area contributed by atoms with E-state index in [0.717, 1.165) is 69.0 Å². The molecule has 0 aliphatic carbocycles. The van der Waals surface area contributed by atoms with Crippen LogP contribution in [0.25, 0.3) is 10.8 Å². The fourth-order valence-corrected chi connectivity index (χ4v) is 4.96. The number of morpholine rings is 1. The molecule has 2 aliphatic rings. The maximum Gasteiger partial charge on any atom is 0.259 e. The van der Waals surface area contributed by atoms with Crippen LogP contribution < -0.4 is 15.8 Å². The van der Waals surface area contributed by atoms with Gasteiger partial charge in [-0.25, -0.2) is 4.98 Å². The first-order valence-electron chi connectivity index (χ1n) is 12.0. The Balaban J connectivity index is 1.42. The fraction of sp³-hybridized carbons (Fsp3) is 0.462. The minimum atomic E-state index is -0.117. The number of fused-ring (bicyclic) bond motifs is 1. The molecule has 4 heterocycles. The minimum Gasteiger partial charge on any atom is -0.378 e. The van der Waals surface area contributed by atoms with Crippen molar-refractivity contribution in [1.82, 2.24) is 14.9 Å². The second-order valence-corrected chi connectivity index (χ2v) is 9.34. The number of anilines is 3. The molecule has 7 nitrogen and oxygen atoms in total. The van der Waals surface area contributed by atoms with E-state index in [1.807, 2.05) is 6.07 Å². The quantitative estimate of drug-likeness (QED) is 0.614. The van der Waals surface area contributed by atoms with Crippen LogP contribution in [0, 0.1) is 0 Å². The van der Waals surface area contributed by atoms with E-state index in [0.29, 0.717) is 23.2 Å². The van der Waals surface area contributed by atoms with Gasteiger partial charge in [0.15, 0.2) is 0 Å². The average Bonchev–Trinajstić information content (AvgIpc) is 2.85. The van der Waals surface area contributed by atoms with Crippen molar-refractivity contribution in [3.63, 3.8) is 0 Å². The molecular weight excluding hydrogens is 414 g/mol. The van der Waals surface area contributed by atoms with Crippen LogP contribution in [0.4, 0.5) is 17.2 Å². The summed E-state index contributed by atoms with van der Waals surface area (Å²) in [5.41, 5.74) is 3.07. The maximum absolute atomic E-state index is 12.7. The summed E-state index contributed by atoms with van der Waals surface area (Å²) in [4.78, 5) is 25.3. The Morgan fingerprint density at radius 3 is 2.48 bits per heavy atom. The zero-order chi connectivity index (χ0) is 22.8. The normalized spacial score (nSPS) is 18.2. The SMILES string of the molecule is CC(C)N1CCC(c2cc3cc[nH]c(=O)c3c(Nc3ccc(N4CCOCC4)cc3)n2)CC1. The molecule has 0 atom stereocenters. The first-order chi connectivity index (χ1) is 16.1. The van der Waals surface area contributed by atoms with Crippen LogP contribution in [-0.4, -0.2) is 60.3 Å². The number of hydrogen-bond donors (Lipinski definition) is 2. The Labute approximate surface area is 194 Å². The van der Waals surface area contributed by atoms with Gasteiger partial charge < -0.3 is 24.8 Å². The lowest BCUT2D eigenvalue weighted by Gasteiger charge is -2.34. The van der Waals surface area contributed by atoms with E-state index in [1.165, 1.54) is 5.69 Å². The van der Waals surface area contributed by atoms with Gasteiger partial charge in [0.05, 0.1) is 18.6 Å². The molecule has 1 aromatic carbocycles. The summed E-state index contributed by atoms with van der Waals surface area (Å²) in [5, 5.41) is 4.98. The number of aromatic nitrogens is 2. The van der Waals surface area contributed by atoms with Crippen molar-refractivity contribution in [2.45, 2.75) is 38.6 Å². The molecule has 0 bridgehead atoms. The fourth-order valence-electron chi connectivity index (χ4n) is 4.96. The molecular formula is C26H33N5O2. The van der Waals surface area contributed by atoms with E-state index < -0.39 is 0 Å². The molecule has 3 aromatic rings. The van der Waals surface area contributed by atoms with Crippen LogP contribution >= 0.6 is 0 Å². The number of H-pyrrole nitrogens is 1. The van der Waals surface area contributed by atoms with Gasteiger partial charge in [0.2, 0.25) is 0 Å². The van der Waals surface area contributed by atoms with Gasteiger partial charge in [-0.2, -0.15) is 0 Å². The molecule has 174 valence electrons. The van der Waals surface area contributed by atoms with Crippen LogP contribution in [0.5, 0.6) is 0 Å². The molecule has 5 rings (SSSR count).